The highest BCUT2D eigenvalue weighted by Crippen LogP contribution is 2.31. The first-order chi connectivity index (χ1) is 8.27. The van der Waals surface area contributed by atoms with Gasteiger partial charge in [-0.15, -0.1) is 0 Å². The van der Waals surface area contributed by atoms with Crippen LogP contribution in [0.3, 0.4) is 0 Å². The maximum Gasteiger partial charge on any atom is 0.180 e. The van der Waals surface area contributed by atoms with Crippen molar-refractivity contribution in [2.45, 2.75) is 40.0 Å². The predicted octanol–water partition coefficient (Wildman–Crippen LogP) is 3.10. The second kappa shape index (κ2) is 4.31. The van der Waals surface area contributed by atoms with Crippen molar-refractivity contribution < 1.29 is 0 Å². The summed E-state index contributed by atoms with van der Waals surface area (Å²) < 4.78 is 0. The van der Waals surface area contributed by atoms with E-state index in [9.17, 15) is 0 Å². The fraction of sp³-hybridized carbons (Fsp3) is 0.462. The highest BCUT2D eigenvalue weighted by atomic mass is 32.1. The van der Waals surface area contributed by atoms with Gasteiger partial charge in [0.15, 0.2) is 5.13 Å². The number of nitrogens with two attached hydrogens (primary N) is 1. The Hall–Kier alpha value is -1.49. The van der Waals surface area contributed by atoms with Gasteiger partial charge in [0.05, 0.1) is 16.3 Å². The summed E-state index contributed by atoms with van der Waals surface area (Å²) in [5.41, 5.74) is 8.49. The predicted molar refractivity (Wildman–Crippen MR) is 75.7 cm³/mol. The number of thiazole rings is 1. The van der Waals surface area contributed by atoms with Gasteiger partial charge in [0.25, 0.3) is 0 Å². The third-order valence-electron chi connectivity index (χ3n) is 2.57. The lowest BCUT2D eigenvalue weighted by Gasteiger charge is -2.17. The van der Waals surface area contributed by atoms with E-state index in [1.807, 2.05) is 19.9 Å². The molecule has 0 amide bonds. The van der Waals surface area contributed by atoms with Crippen molar-refractivity contribution in [2.75, 3.05) is 5.73 Å². The Bertz CT molecular complexity index is 581. The molecule has 2 aromatic heterocycles. The Morgan fingerprint density at radius 1 is 1.11 bits per heavy atom. The van der Waals surface area contributed by atoms with Crippen LogP contribution in [0.5, 0.6) is 0 Å². The number of hydrogen-bond acceptors (Lipinski definition) is 5. The molecule has 2 heterocycles. The second-order valence-corrected chi connectivity index (χ2v) is 6.47. The minimum absolute atomic E-state index is 0.0646. The van der Waals surface area contributed by atoms with E-state index in [2.05, 4.69) is 35.7 Å². The van der Waals surface area contributed by atoms with Gasteiger partial charge in [-0.2, -0.15) is 0 Å². The number of anilines is 1. The molecule has 0 atom stereocenters. The van der Waals surface area contributed by atoms with Gasteiger partial charge in [0.2, 0.25) is 0 Å². The first-order valence-electron chi connectivity index (χ1n) is 5.87. The molecule has 0 fully saturated rings. The Morgan fingerprint density at radius 2 is 1.78 bits per heavy atom. The molecule has 0 spiro atoms. The van der Waals surface area contributed by atoms with Crippen molar-refractivity contribution >= 4 is 16.5 Å². The first-order valence-corrected chi connectivity index (χ1v) is 6.68. The van der Waals surface area contributed by atoms with Crippen LogP contribution in [0.2, 0.25) is 0 Å². The van der Waals surface area contributed by atoms with Crippen molar-refractivity contribution in [3.05, 3.63) is 23.3 Å². The van der Waals surface area contributed by atoms with Crippen LogP contribution in [0.25, 0.3) is 10.6 Å². The summed E-state index contributed by atoms with van der Waals surface area (Å²) in [5.74, 6) is 0.851. The zero-order chi connectivity index (χ0) is 13.5. The fourth-order valence-corrected chi connectivity index (χ4v) is 2.47. The number of nitrogens with zero attached hydrogens (tertiary/aromatic N) is 3. The van der Waals surface area contributed by atoms with Crippen LogP contribution in [-0.2, 0) is 5.41 Å². The van der Waals surface area contributed by atoms with Crippen molar-refractivity contribution in [1.29, 1.82) is 0 Å². The molecule has 0 saturated heterocycles. The molecular formula is C13H18N4S. The molecule has 96 valence electrons. The van der Waals surface area contributed by atoms with Gasteiger partial charge in [0.1, 0.15) is 5.82 Å². The van der Waals surface area contributed by atoms with Crippen molar-refractivity contribution in [3.63, 3.8) is 0 Å². The molecule has 0 aromatic carbocycles. The van der Waals surface area contributed by atoms with Crippen LogP contribution in [-0.4, -0.2) is 15.0 Å². The molecule has 0 aliphatic heterocycles. The van der Waals surface area contributed by atoms with E-state index in [-0.39, 0.29) is 5.41 Å². The summed E-state index contributed by atoms with van der Waals surface area (Å²) >= 11 is 1.47. The van der Waals surface area contributed by atoms with Gasteiger partial charge in [-0.25, -0.2) is 15.0 Å². The number of hydrogen-bond donors (Lipinski definition) is 1. The lowest BCUT2D eigenvalue weighted by atomic mass is 9.95. The lowest BCUT2D eigenvalue weighted by Crippen LogP contribution is -2.17. The molecule has 5 heteroatoms. The average Bonchev–Trinajstić information content (AvgIpc) is 2.55. The zero-order valence-corrected chi connectivity index (χ0v) is 12.2. The third kappa shape index (κ3) is 2.51. The maximum atomic E-state index is 5.74. The highest BCUT2D eigenvalue weighted by Gasteiger charge is 2.20. The lowest BCUT2D eigenvalue weighted by molar-refractivity contribution is 0.544. The monoisotopic (exact) mass is 262 g/mol. The molecule has 4 nitrogen and oxygen atoms in total. The summed E-state index contributed by atoms with van der Waals surface area (Å²) in [7, 11) is 0. The molecule has 0 aliphatic carbocycles. The van der Waals surface area contributed by atoms with E-state index in [0.29, 0.717) is 5.13 Å². The highest BCUT2D eigenvalue weighted by molar-refractivity contribution is 7.18. The van der Waals surface area contributed by atoms with Crippen LogP contribution in [0.1, 0.15) is 38.0 Å². The molecule has 0 saturated carbocycles. The molecule has 0 aliphatic rings. The number of aromatic nitrogens is 3. The van der Waals surface area contributed by atoms with Gasteiger partial charge in [-0.3, -0.25) is 0 Å². The van der Waals surface area contributed by atoms with Gasteiger partial charge in [0, 0.05) is 11.1 Å². The summed E-state index contributed by atoms with van der Waals surface area (Å²) in [5, 5.41) is 0.580. The van der Waals surface area contributed by atoms with Crippen LogP contribution in [0.4, 0.5) is 5.13 Å². The third-order valence-corrected chi connectivity index (χ3v) is 3.58. The molecule has 2 rings (SSSR count). The van der Waals surface area contributed by atoms with Crippen LogP contribution in [0.15, 0.2) is 6.07 Å². The molecular weight excluding hydrogens is 244 g/mol. The Kier molecular flexibility index (Phi) is 3.11. The zero-order valence-electron chi connectivity index (χ0n) is 11.4. The molecule has 0 unspecified atom stereocenters. The molecule has 0 radical (unpaired) electrons. The number of rotatable bonds is 1. The standard InChI is InChI=1S/C13H18N4S/c1-7-6-9(10-8(2)16-12(14)18-10)17-11(15-7)13(3,4)5/h6H,1-5H3,(H2,14,16). The Labute approximate surface area is 111 Å². The summed E-state index contributed by atoms with van der Waals surface area (Å²) in [6.45, 7) is 10.3. The Balaban J connectivity index is 2.59. The van der Waals surface area contributed by atoms with E-state index in [4.69, 9.17) is 5.73 Å². The Morgan fingerprint density at radius 3 is 2.28 bits per heavy atom. The fourth-order valence-electron chi connectivity index (χ4n) is 1.68. The molecule has 0 bridgehead atoms. The largest absolute Gasteiger partial charge is 0.375 e. The second-order valence-electron chi connectivity index (χ2n) is 5.43. The topological polar surface area (TPSA) is 64.7 Å². The average molecular weight is 262 g/mol. The summed E-state index contributed by atoms with van der Waals surface area (Å²) in [6, 6.07) is 1.98. The van der Waals surface area contributed by atoms with E-state index in [1.165, 1.54) is 11.3 Å². The summed E-state index contributed by atoms with van der Waals surface area (Å²) in [6.07, 6.45) is 0. The molecule has 2 N–H and O–H groups in total. The minimum Gasteiger partial charge on any atom is -0.375 e. The van der Waals surface area contributed by atoms with E-state index < -0.39 is 0 Å². The van der Waals surface area contributed by atoms with Gasteiger partial charge >= 0.3 is 0 Å². The number of nitrogen functional groups attached to an aromatic ring is 1. The van der Waals surface area contributed by atoms with Gasteiger partial charge in [-0.05, 0) is 19.9 Å². The first kappa shape index (κ1) is 13.0. The van der Waals surface area contributed by atoms with E-state index >= 15 is 0 Å². The van der Waals surface area contributed by atoms with Gasteiger partial charge in [-0.1, -0.05) is 32.1 Å². The van der Waals surface area contributed by atoms with Crippen LogP contribution >= 0.6 is 11.3 Å². The van der Waals surface area contributed by atoms with E-state index in [1.54, 1.807) is 0 Å². The van der Waals surface area contributed by atoms with Gasteiger partial charge < -0.3 is 5.73 Å². The van der Waals surface area contributed by atoms with Crippen molar-refractivity contribution in [1.82, 2.24) is 15.0 Å². The van der Waals surface area contributed by atoms with Crippen molar-refractivity contribution in [3.8, 4) is 10.6 Å². The normalized spacial score (nSPS) is 11.8. The van der Waals surface area contributed by atoms with E-state index in [0.717, 1.165) is 27.8 Å². The molecule has 18 heavy (non-hydrogen) atoms. The van der Waals surface area contributed by atoms with Crippen LogP contribution < -0.4 is 5.73 Å². The van der Waals surface area contributed by atoms with Crippen molar-refractivity contribution in [2.24, 2.45) is 0 Å². The maximum absolute atomic E-state index is 5.74. The minimum atomic E-state index is -0.0646. The summed E-state index contributed by atoms with van der Waals surface area (Å²) in [4.78, 5) is 14.4. The smallest absolute Gasteiger partial charge is 0.180 e. The van der Waals surface area contributed by atoms with Crippen LogP contribution in [0, 0.1) is 13.8 Å². The SMILES string of the molecule is Cc1cc(-c2sc(N)nc2C)nc(C(C)(C)C)n1. The molecule has 2 aromatic rings. The number of aryl methyl sites for hydroxylation is 2. The quantitative estimate of drug-likeness (QED) is 0.857.